The van der Waals surface area contributed by atoms with Crippen LogP contribution in [0.2, 0.25) is 0 Å². The van der Waals surface area contributed by atoms with E-state index < -0.39 is 11.6 Å². The molecule has 0 heterocycles. The van der Waals surface area contributed by atoms with Gasteiger partial charge in [-0.3, -0.25) is 0 Å². The highest BCUT2D eigenvalue weighted by atomic mass is 19.1. The van der Waals surface area contributed by atoms with Crippen LogP contribution in [0.3, 0.4) is 0 Å². The zero-order chi connectivity index (χ0) is 13.8. The first-order valence-corrected chi connectivity index (χ1v) is 6.40. The second-order valence-corrected chi connectivity index (χ2v) is 4.62. The van der Waals surface area contributed by atoms with Gasteiger partial charge in [-0.2, -0.15) is 0 Å². The molecule has 100 valence electrons. The van der Waals surface area contributed by atoms with Gasteiger partial charge in [0.05, 0.1) is 0 Å². The van der Waals surface area contributed by atoms with Crippen LogP contribution in [0.4, 0.5) is 14.5 Å². The molecular formula is C16H17F2N. The monoisotopic (exact) mass is 261 g/mol. The third-order valence-electron chi connectivity index (χ3n) is 3.13. The van der Waals surface area contributed by atoms with Crippen LogP contribution >= 0.6 is 0 Å². The first-order valence-electron chi connectivity index (χ1n) is 6.40. The molecule has 0 spiro atoms. The Labute approximate surface area is 112 Å². The number of halogens is 2. The lowest BCUT2D eigenvalue weighted by Crippen LogP contribution is -2.07. The molecule has 0 aliphatic rings. The fraction of sp³-hybridized carbons (Fsp3) is 0.250. The molecular weight excluding hydrogens is 244 g/mol. The summed E-state index contributed by atoms with van der Waals surface area (Å²) in [5.74, 6) is -1.10. The van der Waals surface area contributed by atoms with Crippen molar-refractivity contribution in [1.82, 2.24) is 0 Å². The first kappa shape index (κ1) is 13.5. The molecule has 0 aromatic heterocycles. The number of hydrogen-bond acceptors (Lipinski definition) is 1. The van der Waals surface area contributed by atoms with Crippen LogP contribution in [0.5, 0.6) is 0 Å². The normalized spacial score (nSPS) is 12.2. The molecule has 0 aliphatic carbocycles. The number of benzene rings is 2. The van der Waals surface area contributed by atoms with Crippen LogP contribution in [0.25, 0.3) is 0 Å². The SMILES string of the molecule is CCc1ccc(NC(C)c2cc(F)cc(F)c2)cc1. The maximum atomic E-state index is 13.2. The smallest absolute Gasteiger partial charge is 0.126 e. The lowest BCUT2D eigenvalue weighted by molar-refractivity contribution is 0.577. The van der Waals surface area contributed by atoms with Crippen LogP contribution in [-0.4, -0.2) is 0 Å². The molecule has 19 heavy (non-hydrogen) atoms. The fourth-order valence-electron chi connectivity index (χ4n) is 2.00. The summed E-state index contributed by atoms with van der Waals surface area (Å²) in [6.45, 7) is 3.97. The number of rotatable bonds is 4. The highest BCUT2D eigenvalue weighted by Gasteiger charge is 2.08. The van der Waals surface area contributed by atoms with E-state index in [0.29, 0.717) is 5.56 Å². The van der Waals surface area contributed by atoms with Crippen LogP contribution < -0.4 is 5.32 Å². The molecule has 2 rings (SSSR count). The van der Waals surface area contributed by atoms with Gasteiger partial charge in [-0.15, -0.1) is 0 Å². The third-order valence-corrected chi connectivity index (χ3v) is 3.13. The summed E-state index contributed by atoms with van der Waals surface area (Å²) in [5.41, 5.74) is 2.79. The molecule has 1 atom stereocenters. The Morgan fingerprint density at radius 2 is 1.58 bits per heavy atom. The van der Waals surface area contributed by atoms with E-state index in [0.717, 1.165) is 18.2 Å². The molecule has 2 aromatic carbocycles. The fourth-order valence-corrected chi connectivity index (χ4v) is 2.00. The summed E-state index contributed by atoms with van der Waals surface area (Å²) in [4.78, 5) is 0. The minimum absolute atomic E-state index is 0.155. The lowest BCUT2D eigenvalue weighted by atomic mass is 10.1. The number of hydrogen-bond donors (Lipinski definition) is 1. The van der Waals surface area contributed by atoms with E-state index in [-0.39, 0.29) is 6.04 Å². The third kappa shape index (κ3) is 3.53. The average molecular weight is 261 g/mol. The van der Waals surface area contributed by atoms with Crippen LogP contribution in [0, 0.1) is 11.6 Å². The number of anilines is 1. The van der Waals surface area contributed by atoms with E-state index in [2.05, 4.69) is 12.2 Å². The zero-order valence-corrected chi connectivity index (χ0v) is 11.1. The van der Waals surface area contributed by atoms with E-state index in [1.165, 1.54) is 17.7 Å². The quantitative estimate of drug-likeness (QED) is 0.841. The summed E-state index contributed by atoms with van der Waals surface area (Å²) in [6.07, 6.45) is 0.991. The molecule has 3 heteroatoms. The van der Waals surface area contributed by atoms with E-state index >= 15 is 0 Å². The molecule has 1 nitrogen and oxygen atoms in total. The predicted molar refractivity (Wildman–Crippen MR) is 74.2 cm³/mol. The molecule has 1 N–H and O–H groups in total. The van der Waals surface area contributed by atoms with Crippen LogP contribution in [-0.2, 0) is 6.42 Å². The van der Waals surface area contributed by atoms with Gasteiger partial charge in [-0.1, -0.05) is 19.1 Å². The summed E-state index contributed by atoms with van der Waals surface area (Å²) in [5, 5.41) is 3.23. The molecule has 1 unspecified atom stereocenters. The first-order chi connectivity index (χ1) is 9.08. The summed E-state index contributed by atoms with van der Waals surface area (Å²) >= 11 is 0. The second-order valence-electron chi connectivity index (χ2n) is 4.62. The van der Waals surface area contributed by atoms with E-state index in [9.17, 15) is 8.78 Å². The Balaban J connectivity index is 2.13. The molecule has 0 fully saturated rings. The number of aryl methyl sites for hydroxylation is 1. The second kappa shape index (κ2) is 5.83. The van der Waals surface area contributed by atoms with Crippen molar-refractivity contribution in [3.05, 3.63) is 65.2 Å². The van der Waals surface area contributed by atoms with Gasteiger partial charge < -0.3 is 5.32 Å². The van der Waals surface area contributed by atoms with E-state index in [4.69, 9.17) is 0 Å². The molecule has 0 saturated heterocycles. The number of nitrogens with one attached hydrogen (secondary N) is 1. The molecule has 0 radical (unpaired) electrons. The highest BCUT2D eigenvalue weighted by Crippen LogP contribution is 2.21. The minimum Gasteiger partial charge on any atom is -0.379 e. The molecule has 0 aliphatic heterocycles. The van der Waals surface area contributed by atoms with Crippen molar-refractivity contribution in [2.24, 2.45) is 0 Å². The highest BCUT2D eigenvalue weighted by molar-refractivity contribution is 5.46. The van der Waals surface area contributed by atoms with Crippen LogP contribution in [0.1, 0.15) is 31.0 Å². The molecule has 0 amide bonds. The van der Waals surface area contributed by atoms with Gasteiger partial charge in [-0.25, -0.2) is 8.78 Å². The van der Waals surface area contributed by atoms with Crippen LogP contribution in [0.15, 0.2) is 42.5 Å². The molecule has 0 bridgehead atoms. The van der Waals surface area contributed by atoms with Gasteiger partial charge in [-0.05, 0) is 48.7 Å². The standard InChI is InChI=1S/C16H17F2N/c1-3-12-4-6-16(7-5-12)19-11(2)13-8-14(17)10-15(18)9-13/h4-11,19H,3H2,1-2H3. The van der Waals surface area contributed by atoms with Crippen molar-refractivity contribution < 1.29 is 8.78 Å². The Morgan fingerprint density at radius 3 is 2.11 bits per heavy atom. The van der Waals surface area contributed by atoms with Gasteiger partial charge in [0.2, 0.25) is 0 Å². The Morgan fingerprint density at radius 1 is 1.00 bits per heavy atom. The van der Waals surface area contributed by atoms with Crippen molar-refractivity contribution in [2.45, 2.75) is 26.3 Å². The van der Waals surface area contributed by atoms with Crippen molar-refractivity contribution in [2.75, 3.05) is 5.32 Å². The van der Waals surface area contributed by atoms with Crippen molar-refractivity contribution in [3.63, 3.8) is 0 Å². The Bertz CT molecular complexity index is 529. The van der Waals surface area contributed by atoms with Crippen molar-refractivity contribution in [1.29, 1.82) is 0 Å². The maximum absolute atomic E-state index is 13.2. The summed E-state index contributed by atoms with van der Waals surface area (Å²) < 4.78 is 26.3. The van der Waals surface area contributed by atoms with Crippen molar-refractivity contribution in [3.8, 4) is 0 Å². The van der Waals surface area contributed by atoms with Gasteiger partial charge in [0.15, 0.2) is 0 Å². The minimum atomic E-state index is -0.551. The topological polar surface area (TPSA) is 12.0 Å². The largest absolute Gasteiger partial charge is 0.379 e. The summed E-state index contributed by atoms with van der Waals surface area (Å²) in [6, 6.07) is 11.5. The van der Waals surface area contributed by atoms with Gasteiger partial charge in [0, 0.05) is 17.8 Å². The predicted octanol–water partition coefficient (Wildman–Crippen LogP) is 4.70. The van der Waals surface area contributed by atoms with E-state index in [1.807, 2.05) is 31.2 Å². The van der Waals surface area contributed by atoms with E-state index in [1.54, 1.807) is 0 Å². The zero-order valence-electron chi connectivity index (χ0n) is 11.1. The van der Waals surface area contributed by atoms with Gasteiger partial charge in [0.1, 0.15) is 11.6 Å². The molecule has 0 saturated carbocycles. The maximum Gasteiger partial charge on any atom is 0.126 e. The van der Waals surface area contributed by atoms with Gasteiger partial charge in [0.25, 0.3) is 0 Å². The van der Waals surface area contributed by atoms with Crippen molar-refractivity contribution >= 4 is 5.69 Å². The molecule has 2 aromatic rings. The average Bonchev–Trinajstić information content (AvgIpc) is 2.38. The Kier molecular flexibility index (Phi) is 4.15. The summed E-state index contributed by atoms with van der Waals surface area (Å²) in [7, 11) is 0. The van der Waals surface area contributed by atoms with Gasteiger partial charge >= 0.3 is 0 Å². The Hall–Kier alpha value is -1.90. The lowest BCUT2D eigenvalue weighted by Gasteiger charge is -2.16.